The Hall–Kier alpha value is -1.92. The highest BCUT2D eigenvalue weighted by molar-refractivity contribution is 5.85. The average molecular weight is 393 g/mol. The first-order chi connectivity index (χ1) is 12.5. The predicted octanol–water partition coefficient (Wildman–Crippen LogP) is 3.29. The van der Waals surface area contributed by atoms with Gasteiger partial charge in [-0.3, -0.25) is 4.79 Å². The molecule has 6 nitrogen and oxygen atoms in total. The van der Waals surface area contributed by atoms with Crippen molar-refractivity contribution in [1.82, 2.24) is 15.5 Å². The van der Waals surface area contributed by atoms with E-state index in [2.05, 4.69) is 15.5 Å². The number of nitrogens with zero attached hydrogens (tertiary/aromatic N) is 2. The lowest BCUT2D eigenvalue weighted by Crippen LogP contribution is -2.53. The number of halogens is 1. The number of aromatic nitrogens is 2. The lowest BCUT2D eigenvalue weighted by atomic mass is 9.74. The van der Waals surface area contributed by atoms with Gasteiger partial charge in [0.05, 0.1) is 5.92 Å². The third-order valence-electron chi connectivity index (χ3n) is 5.27. The zero-order valence-electron chi connectivity index (χ0n) is 16.0. The van der Waals surface area contributed by atoms with Crippen LogP contribution in [0.5, 0.6) is 0 Å². The molecule has 1 aliphatic rings. The number of hydrogen-bond acceptors (Lipinski definition) is 5. The molecule has 1 fully saturated rings. The number of aryl methyl sites for hydroxylation is 1. The molecule has 0 spiro atoms. The van der Waals surface area contributed by atoms with Gasteiger partial charge < -0.3 is 15.6 Å². The van der Waals surface area contributed by atoms with Crippen LogP contribution in [0.25, 0.3) is 11.5 Å². The molecule has 0 radical (unpaired) electrons. The summed E-state index contributed by atoms with van der Waals surface area (Å²) in [6, 6.07) is 8.01. The Labute approximate surface area is 166 Å². The van der Waals surface area contributed by atoms with E-state index >= 15 is 0 Å². The van der Waals surface area contributed by atoms with Crippen molar-refractivity contribution in [3.8, 4) is 11.5 Å². The monoisotopic (exact) mass is 392 g/mol. The fraction of sp³-hybridized carbons (Fsp3) is 0.550. The molecule has 2 aromatic rings. The molecule has 3 rings (SSSR count). The molecule has 0 bridgehead atoms. The van der Waals surface area contributed by atoms with Gasteiger partial charge >= 0.3 is 0 Å². The molecular weight excluding hydrogens is 364 g/mol. The Bertz CT molecular complexity index is 743. The molecule has 1 aromatic carbocycles. The van der Waals surface area contributed by atoms with Gasteiger partial charge in [-0.1, -0.05) is 37.1 Å². The highest BCUT2D eigenvalue weighted by atomic mass is 35.5. The van der Waals surface area contributed by atoms with E-state index in [0.717, 1.165) is 49.7 Å². The molecule has 148 valence electrons. The maximum atomic E-state index is 12.5. The van der Waals surface area contributed by atoms with Crippen LogP contribution >= 0.6 is 12.4 Å². The Morgan fingerprint density at radius 2 is 2.07 bits per heavy atom. The normalized spacial score (nSPS) is 22.1. The van der Waals surface area contributed by atoms with Gasteiger partial charge in [0, 0.05) is 24.1 Å². The topological polar surface area (TPSA) is 94.0 Å². The average Bonchev–Trinajstić information content (AvgIpc) is 3.11. The number of rotatable bonds is 6. The lowest BCUT2D eigenvalue weighted by molar-refractivity contribution is -0.128. The molecule has 3 N–H and O–H groups in total. The van der Waals surface area contributed by atoms with Crippen LogP contribution in [0.4, 0.5) is 0 Å². The Kier molecular flexibility index (Phi) is 7.39. The number of nitrogens with two attached hydrogens (primary N) is 1. The van der Waals surface area contributed by atoms with Crippen molar-refractivity contribution < 1.29 is 9.32 Å². The largest absolute Gasteiger partial charge is 0.355 e. The fourth-order valence-corrected chi connectivity index (χ4v) is 3.57. The van der Waals surface area contributed by atoms with Crippen molar-refractivity contribution in [2.75, 3.05) is 6.54 Å². The number of carbonyl (C=O) groups is 1. The zero-order valence-corrected chi connectivity index (χ0v) is 16.8. The van der Waals surface area contributed by atoms with Gasteiger partial charge in [-0.15, -0.1) is 12.4 Å². The maximum Gasteiger partial charge on any atom is 0.257 e. The summed E-state index contributed by atoms with van der Waals surface area (Å²) in [6.07, 6.45) is 5.54. The minimum Gasteiger partial charge on any atom is -0.355 e. The Morgan fingerprint density at radius 3 is 2.70 bits per heavy atom. The van der Waals surface area contributed by atoms with Crippen molar-refractivity contribution in [2.24, 2.45) is 11.7 Å². The van der Waals surface area contributed by atoms with E-state index in [4.69, 9.17) is 10.3 Å². The van der Waals surface area contributed by atoms with Crippen molar-refractivity contribution >= 4 is 18.3 Å². The number of amides is 1. The molecular formula is C20H29ClN4O2. The van der Waals surface area contributed by atoms with Gasteiger partial charge in [0.2, 0.25) is 5.91 Å². The molecule has 1 heterocycles. The van der Waals surface area contributed by atoms with Gasteiger partial charge in [0.1, 0.15) is 0 Å². The number of hydrogen-bond donors (Lipinski definition) is 2. The second kappa shape index (κ2) is 9.33. The van der Waals surface area contributed by atoms with E-state index in [-0.39, 0.29) is 29.8 Å². The first-order valence-corrected chi connectivity index (χ1v) is 9.48. The first-order valence-electron chi connectivity index (χ1n) is 9.48. The van der Waals surface area contributed by atoms with Crippen LogP contribution in [0, 0.1) is 5.92 Å². The van der Waals surface area contributed by atoms with E-state index in [1.54, 1.807) is 0 Å². The van der Waals surface area contributed by atoms with E-state index < -0.39 is 0 Å². The molecule has 2 unspecified atom stereocenters. The van der Waals surface area contributed by atoms with Crippen molar-refractivity contribution in [3.05, 3.63) is 35.7 Å². The van der Waals surface area contributed by atoms with Gasteiger partial charge in [0.25, 0.3) is 5.89 Å². The number of benzene rings is 1. The minimum atomic E-state index is -0.384. The van der Waals surface area contributed by atoms with Gasteiger partial charge in [-0.2, -0.15) is 4.98 Å². The van der Waals surface area contributed by atoms with Crippen LogP contribution in [0.2, 0.25) is 0 Å². The molecule has 7 heteroatoms. The highest BCUT2D eigenvalue weighted by Gasteiger charge is 2.37. The summed E-state index contributed by atoms with van der Waals surface area (Å²) >= 11 is 0. The number of carbonyl (C=O) groups excluding carboxylic acids is 1. The standard InChI is InChI=1S/C20H28N4O2.ClH/c1-3-17-23-19(26-24-17)15-9-7-14(8-10-15)11-13-22-18(25)16-6-4-5-12-20(16,2)21;/h7-10,16H,3-6,11-13,21H2,1-2H3,(H,22,25);1H. The van der Waals surface area contributed by atoms with Gasteiger partial charge in [-0.25, -0.2) is 0 Å². The molecule has 27 heavy (non-hydrogen) atoms. The van der Waals surface area contributed by atoms with E-state index in [0.29, 0.717) is 18.3 Å². The summed E-state index contributed by atoms with van der Waals surface area (Å²) in [6.45, 7) is 4.61. The predicted molar refractivity (Wildman–Crippen MR) is 108 cm³/mol. The first kappa shape index (κ1) is 21.4. The SMILES string of the molecule is CCc1noc(-c2ccc(CCNC(=O)C3CCCCC3(C)N)cc2)n1.Cl. The highest BCUT2D eigenvalue weighted by Crippen LogP contribution is 2.31. The number of nitrogens with one attached hydrogen (secondary N) is 1. The van der Waals surface area contributed by atoms with E-state index in [9.17, 15) is 4.79 Å². The van der Waals surface area contributed by atoms with Gasteiger partial charge in [-0.05, 0) is 43.9 Å². The summed E-state index contributed by atoms with van der Waals surface area (Å²) in [4.78, 5) is 16.8. The summed E-state index contributed by atoms with van der Waals surface area (Å²) in [5.41, 5.74) is 7.99. The molecule has 0 saturated heterocycles. The summed E-state index contributed by atoms with van der Waals surface area (Å²) < 4.78 is 5.25. The van der Waals surface area contributed by atoms with Crippen LogP contribution in [0.15, 0.2) is 28.8 Å². The Balaban J connectivity index is 0.00000261. The summed E-state index contributed by atoms with van der Waals surface area (Å²) in [5, 5.41) is 6.97. The lowest BCUT2D eigenvalue weighted by Gasteiger charge is -2.37. The third kappa shape index (κ3) is 5.30. The Morgan fingerprint density at radius 1 is 1.33 bits per heavy atom. The second-order valence-electron chi connectivity index (χ2n) is 7.41. The smallest absolute Gasteiger partial charge is 0.257 e. The second-order valence-corrected chi connectivity index (χ2v) is 7.41. The van der Waals surface area contributed by atoms with E-state index in [1.807, 2.05) is 38.1 Å². The zero-order chi connectivity index (χ0) is 18.6. The molecule has 1 amide bonds. The molecule has 2 atom stereocenters. The molecule has 1 aliphatic carbocycles. The summed E-state index contributed by atoms with van der Waals surface area (Å²) in [5.74, 6) is 1.26. The quantitative estimate of drug-likeness (QED) is 0.786. The van der Waals surface area contributed by atoms with Crippen molar-refractivity contribution in [3.63, 3.8) is 0 Å². The molecule has 1 saturated carbocycles. The van der Waals surface area contributed by atoms with E-state index in [1.165, 1.54) is 0 Å². The van der Waals surface area contributed by atoms with Crippen LogP contribution in [0.3, 0.4) is 0 Å². The minimum absolute atomic E-state index is 0. The molecule has 0 aliphatic heterocycles. The van der Waals surface area contributed by atoms with Crippen LogP contribution < -0.4 is 11.1 Å². The van der Waals surface area contributed by atoms with Crippen molar-refractivity contribution in [1.29, 1.82) is 0 Å². The maximum absolute atomic E-state index is 12.5. The van der Waals surface area contributed by atoms with Crippen LogP contribution in [-0.4, -0.2) is 28.1 Å². The van der Waals surface area contributed by atoms with Crippen LogP contribution in [-0.2, 0) is 17.6 Å². The summed E-state index contributed by atoms with van der Waals surface area (Å²) in [7, 11) is 0. The van der Waals surface area contributed by atoms with Gasteiger partial charge in [0.15, 0.2) is 5.82 Å². The molecule has 1 aromatic heterocycles. The third-order valence-corrected chi connectivity index (χ3v) is 5.27. The van der Waals surface area contributed by atoms with Crippen molar-refractivity contribution in [2.45, 2.75) is 57.9 Å². The fourth-order valence-electron chi connectivity index (χ4n) is 3.57. The van der Waals surface area contributed by atoms with Crippen LogP contribution in [0.1, 0.15) is 50.9 Å².